The molecular weight excluding hydrogens is 628 g/mol. The molecule has 0 unspecified atom stereocenters. The van der Waals surface area contributed by atoms with Crippen molar-refractivity contribution in [2.75, 3.05) is 0 Å². The topological polar surface area (TPSA) is 18.5 Å². The molecule has 2 nitrogen and oxygen atoms in total. The first kappa shape index (κ1) is 34.3. The maximum atomic E-state index is 15.0. The summed E-state index contributed by atoms with van der Waals surface area (Å²) in [6, 6.07) is 13.6. The second kappa shape index (κ2) is 14.8. The van der Waals surface area contributed by atoms with Crippen molar-refractivity contribution >= 4 is 0 Å². The largest absolute Gasteiger partial charge is 0.489 e. The molecule has 0 bridgehead atoms. The molecule has 4 aromatic rings. The summed E-state index contributed by atoms with van der Waals surface area (Å²) in [4.78, 5) is 0. The third-order valence-corrected chi connectivity index (χ3v) is 8.74. The van der Waals surface area contributed by atoms with Crippen LogP contribution in [0.1, 0.15) is 80.9 Å². The Hall–Kier alpha value is -4.08. The molecule has 1 aliphatic rings. The number of unbranched alkanes of at least 4 members (excludes halogenated alkanes) is 2. The summed E-state index contributed by atoms with van der Waals surface area (Å²) in [7, 11) is 0. The van der Waals surface area contributed by atoms with Crippen molar-refractivity contribution < 1.29 is 44.6 Å². The second-order valence-corrected chi connectivity index (χ2v) is 12.0. The average molecular weight is 663 g/mol. The first-order valence-electron chi connectivity index (χ1n) is 15.7. The molecule has 0 aliphatic heterocycles. The Kier molecular flexibility index (Phi) is 10.8. The van der Waals surface area contributed by atoms with Crippen LogP contribution < -0.4 is 9.47 Å². The van der Waals surface area contributed by atoms with Crippen molar-refractivity contribution in [3.8, 4) is 22.6 Å². The summed E-state index contributed by atoms with van der Waals surface area (Å²) in [6.45, 7) is 1.75. The van der Waals surface area contributed by atoms with Crippen molar-refractivity contribution in [3.63, 3.8) is 0 Å². The molecule has 0 saturated heterocycles. The van der Waals surface area contributed by atoms with Gasteiger partial charge in [-0.05, 0) is 60.3 Å². The Morgan fingerprint density at radius 3 is 1.85 bits per heavy atom. The lowest BCUT2D eigenvalue weighted by Crippen LogP contribution is -2.25. The van der Waals surface area contributed by atoms with Crippen molar-refractivity contribution in [2.45, 2.75) is 76.9 Å². The fraction of sp³-hybridized carbons (Fsp3) is 0.351. The van der Waals surface area contributed by atoms with Crippen LogP contribution in [0.3, 0.4) is 0 Å². The predicted octanol–water partition coefficient (Wildman–Crippen LogP) is 11.7. The van der Waals surface area contributed by atoms with Gasteiger partial charge in [-0.25, -0.2) is 26.3 Å². The van der Waals surface area contributed by atoms with Crippen LogP contribution in [0.2, 0.25) is 0 Å². The van der Waals surface area contributed by atoms with Crippen LogP contribution in [-0.2, 0) is 12.7 Å². The van der Waals surface area contributed by atoms with Gasteiger partial charge in [0, 0.05) is 29.8 Å². The minimum Gasteiger partial charge on any atom is -0.489 e. The zero-order valence-corrected chi connectivity index (χ0v) is 25.7. The summed E-state index contributed by atoms with van der Waals surface area (Å²) in [5, 5.41) is 0. The highest BCUT2D eigenvalue weighted by atomic mass is 19.3. The number of halogens is 8. The van der Waals surface area contributed by atoms with Crippen molar-refractivity contribution in [3.05, 3.63) is 118 Å². The molecule has 0 N–H and O–H groups in total. The Morgan fingerprint density at radius 2 is 1.26 bits per heavy atom. The molecular formula is C37H34F8O2. The van der Waals surface area contributed by atoms with Crippen LogP contribution in [0.15, 0.2) is 66.7 Å². The SMILES string of the molecule is CCCCCC1CCC(c2ccc(-c3ccc(COc4cc(F)c(C(F)(F)Oc5cc(F)c(F)c(F)c5)c(F)c4)c(F)c3)cc2)CC1. The molecule has 0 heterocycles. The zero-order valence-electron chi connectivity index (χ0n) is 25.7. The monoisotopic (exact) mass is 662 g/mol. The normalized spacial score (nSPS) is 16.7. The molecule has 0 amide bonds. The van der Waals surface area contributed by atoms with E-state index >= 15 is 4.39 Å². The second-order valence-electron chi connectivity index (χ2n) is 12.0. The summed E-state index contributed by atoms with van der Waals surface area (Å²) >= 11 is 0. The third kappa shape index (κ3) is 8.26. The van der Waals surface area contributed by atoms with Gasteiger partial charge in [0.1, 0.15) is 41.1 Å². The zero-order chi connectivity index (χ0) is 33.7. The molecule has 5 rings (SSSR count). The minimum absolute atomic E-state index is 0.0555. The fourth-order valence-corrected chi connectivity index (χ4v) is 6.12. The fourth-order valence-electron chi connectivity index (χ4n) is 6.12. The highest BCUT2D eigenvalue weighted by Crippen LogP contribution is 2.39. The Morgan fingerprint density at radius 1 is 0.660 bits per heavy atom. The number of hydrogen-bond donors (Lipinski definition) is 0. The molecule has 0 aromatic heterocycles. The maximum absolute atomic E-state index is 15.0. The third-order valence-electron chi connectivity index (χ3n) is 8.74. The van der Waals surface area contributed by atoms with E-state index in [-0.39, 0.29) is 17.7 Å². The van der Waals surface area contributed by atoms with E-state index in [0.29, 0.717) is 23.6 Å². The van der Waals surface area contributed by atoms with Gasteiger partial charge in [-0.1, -0.05) is 69.0 Å². The Balaban J connectivity index is 1.20. The van der Waals surface area contributed by atoms with Crippen LogP contribution >= 0.6 is 0 Å². The van der Waals surface area contributed by atoms with E-state index < -0.39 is 64.7 Å². The molecule has 10 heteroatoms. The lowest BCUT2D eigenvalue weighted by Gasteiger charge is -2.29. The predicted molar refractivity (Wildman–Crippen MR) is 162 cm³/mol. The quantitative estimate of drug-likeness (QED) is 0.0854. The molecule has 250 valence electrons. The minimum atomic E-state index is -4.74. The first-order chi connectivity index (χ1) is 22.4. The lowest BCUT2D eigenvalue weighted by molar-refractivity contribution is -0.189. The Bertz CT molecular complexity index is 1630. The summed E-state index contributed by atoms with van der Waals surface area (Å²) in [6.07, 6.45) is 5.25. The van der Waals surface area contributed by atoms with Crippen molar-refractivity contribution in [1.82, 2.24) is 0 Å². The van der Waals surface area contributed by atoms with E-state index in [4.69, 9.17) is 4.74 Å². The number of ether oxygens (including phenoxy) is 2. The smallest absolute Gasteiger partial charge is 0.432 e. The maximum Gasteiger partial charge on any atom is 0.432 e. The van der Waals surface area contributed by atoms with E-state index in [1.807, 2.05) is 12.1 Å². The van der Waals surface area contributed by atoms with Gasteiger partial charge >= 0.3 is 6.11 Å². The van der Waals surface area contributed by atoms with Gasteiger partial charge in [-0.15, -0.1) is 0 Å². The molecule has 0 atom stereocenters. The number of rotatable bonds is 12. The number of alkyl halides is 2. The summed E-state index contributed by atoms with van der Waals surface area (Å²) in [5.41, 5.74) is 0.912. The summed E-state index contributed by atoms with van der Waals surface area (Å²) in [5.74, 6) is -10.2. The molecule has 1 aliphatic carbocycles. The van der Waals surface area contributed by atoms with Crippen molar-refractivity contribution in [1.29, 1.82) is 0 Å². The highest BCUT2D eigenvalue weighted by molar-refractivity contribution is 5.64. The van der Waals surface area contributed by atoms with Gasteiger partial charge in [0.05, 0.1) is 0 Å². The van der Waals surface area contributed by atoms with Crippen LogP contribution in [0.4, 0.5) is 35.1 Å². The van der Waals surface area contributed by atoms with Gasteiger partial charge in [0.2, 0.25) is 0 Å². The molecule has 0 spiro atoms. The van der Waals surface area contributed by atoms with E-state index in [1.54, 1.807) is 6.07 Å². The lowest BCUT2D eigenvalue weighted by atomic mass is 9.77. The standard InChI is InChI=1S/C37H34F8O2/c1-2-3-4-5-22-6-8-23(9-7-22)24-10-12-25(13-11-24)26-14-15-27(30(38)16-26)21-46-28-17-31(39)35(32(40)18-28)37(44,45)47-29-19-33(41)36(43)34(42)20-29/h10-20,22-23H,2-9,21H2,1H3. The molecule has 0 radical (unpaired) electrons. The molecule has 1 saturated carbocycles. The first-order valence-corrected chi connectivity index (χ1v) is 15.7. The highest BCUT2D eigenvalue weighted by Gasteiger charge is 2.41. The van der Waals surface area contributed by atoms with E-state index in [2.05, 4.69) is 23.8 Å². The van der Waals surface area contributed by atoms with Crippen LogP contribution in [0, 0.1) is 40.8 Å². The average Bonchev–Trinajstić information content (AvgIpc) is 3.03. The summed E-state index contributed by atoms with van der Waals surface area (Å²) < 4.78 is 123. The van der Waals surface area contributed by atoms with Gasteiger partial charge in [-0.3, -0.25) is 0 Å². The van der Waals surface area contributed by atoms with Gasteiger partial charge in [0.25, 0.3) is 0 Å². The van der Waals surface area contributed by atoms with Gasteiger partial charge in [0.15, 0.2) is 17.5 Å². The van der Waals surface area contributed by atoms with E-state index in [0.717, 1.165) is 11.5 Å². The molecule has 1 fully saturated rings. The van der Waals surface area contributed by atoms with E-state index in [1.165, 1.54) is 69.1 Å². The Labute approximate surface area is 268 Å². The van der Waals surface area contributed by atoms with Crippen LogP contribution in [-0.4, -0.2) is 0 Å². The number of hydrogen-bond acceptors (Lipinski definition) is 2. The van der Waals surface area contributed by atoms with Crippen LogP contribution in [0.25, 0.3) is 11.1 Å². The van der Waals surface area contributed by atoms with Gasteiger partial charge in [-0.2, -0.15) is 8.78 Å². The van der Waals surface area contributed by atoms with Gasteiger partial charge < -0.3 is 9.47 Å². The molecule has 47 heavy (non-hydrogen) atoms. The molecule has 4 aromatic carbocycles. The number of benzene rings is 4. The van der Waals surface area contributed by atoms with E-state index in [9.17, 15) is 30.7 Å². The van der Waals surface area contributed by atoms with Crippen molar-refractivity contribution in [2.24, 2.45) is 5.92 Å². The van der Waals surface area contributed by atoms with Crippen LogP contribution in [0.5, 0.6) is 11.5 Å².